The molecule has 0 saturated heterocycles. The van der Waals surface area contributed by atoms with Gasteiger partial charge in [-0.15, -0.1) is 0 Å². The van der Waals surface area contributed by atoms with Crippen LogP contribution in [-0.2, 0) is 11.3 Å². The number of likely N-dealkylation sites (N-methyl/N-ethyl adjacent to an activating group) is 1. The van der Waals surface area contributed by atoms with E-state index in [-0.39, 0.29) is 5.78 Å². The van der Waals surface area contributed by atoms with E-state index >= 15 is 0 Å². The highest BCUT2D eigenvalue weighted by Gasteiger charge is 2.16. The summed E-state index contributed by atoms with van der Waals surface area (Å²) in [5.41, 5.74) is 0.595. The van der Waals surface area contributed by atoms with Crippen molar-refractivity contribution in [1.82, 2.24) is 15.1 Å². The Morgan fingerprint density at radius 1 is 1.69 bits per heavy atom. The molecule has 0 radical (unpaired) electrons. The molecular weight excluding hydrogens is 274 g/mol. The van der Waals surface area contributed by atoms with Gasteiger partial charge in [0.05, 0.1) is 30.4 Å². The number of rotatable bonds is 7. The summed E-state index contributed by atoms with van der Waals surface area (Å²) in [5.74, 6) is 0.0299. The van der Waals surface area contributed by atoms with E-state index < -0.39 is 0 Å². The first-order chi connectivity index (χ1) is 7.70. The minimum Gasteiger partial charge on any atom is -0.383 e. The highest BCUT2D eigenvalue weighted by atomic mass is 79.9. The highest BCUT2D eigenvalue weighted by molar-refractivity contribution is 9.10. The summed E-state index contributed by atoms with van der Waals surface area (Å²) >= 11 is 3.33. The second kappa shape index (κ2) is 6.78. The van der Waals surface area contributed by atoms with Gasteiger partial charge in [-0.1, -0.05) is 6.92 Å². The molecule has 0 aliphatic rings. The number of carbonyl (C=O) groups excluding carboxylic acids is 1. The molecule has 0 saturated carbocycles. The maximum atomic E-state index is 11.9. The van der Waals surface area contributed by atoms with Crippen LogP contribution in [-0.4, -0.2) is 42.4 Å². The van der Waals surface area contributed by atoms with Crippen LogP contribution in [0.4, 0.5) is 0 Å². The van der Waals surface area contributed by atoms with E-state index in [1.807, 2.05) is 6.92 Å². The Morgan fingerprint density at radius 3 is 3.06 bits per heavy atom. The van der Waals surface area contributed by atoms with E-state index in [2.05, 4.69) is 26.3 Å². The minimum absolute atomic E-state index is 0.0299. The Hall–Kier alpha value is -0.720. The van der Waals surface area contributed by atoms with Gasteiger partial charge < -0.3 is 10.1 Å². The SMILES string of the molecule is CCNCC(=O)c1c(Br)cnn1CCOC. The fraction of sp³-hybridized carbons (Fsp3) is 0.600. The zero-order chi connectivity index (χ0) is 12.0. The van der Waals surface area contributed by atoms with Crippen molar-refractivity contribution >= 4 is 21.7 Å². The van der Waals surface area contributed by atoms with Crippen molar-refractivity contribution in [3.63, 3.8) is 0 Å². The lowest BCUT2D eigenvalue weighted by atomic mass is 10.3. The summed E-state index contributed by atoms with van der Waals surface area (Å²) < 4.78 is 7.36. The summed E-state index contributed by atoms with van der Waals surface area (Å²) in [6, 6.07) is 0. The van der Waals surface area contributed by atoms with Crippen molar-refractivity contribution in [1.29, 1.82) is 0 Å². The van der Waals surface area contributed by atoms with Crippen LogP contribution in [0, 0.1) is 0 Å². The molecule has 0 bridgehead atoms. The van der Waals surface area contributed by atoms with Gasteiger partial charge in [-0.25, -0.2) is 0 Å². The van der Waals surface area contributed by atoms with E-state index in [0.717, 1.165) is 11.0 Å². The predicted octanol–water partition coefficient (Wildman–Crippen LogP) is 1.08. The van der Waals surface area contributed by atoms with Gasteiger partial charge in [-0.3, -0.25) is 9.48 Å². The first-order valence-corrected chi connectivity index (χ1v) is 5.94. The highest BCUT2D eigenvalue weighted by Crippen LogP contribution is 2.16. The summed E-state index contributed by atoms with van der Waals surface area (Å²) in [6.07, 6.45) is 1.63. The summed E-state index contributed by atoms with van der Waals surface area (Å²) in [5, 5.41) is 7.13. The van der Waals surface area contributed by atoms with Crippen molar-refractivity contribution in [2.75, 3.05) is 26.8 Å². The van der Waals surface area contributed by atoms with Crippen LogP contribution in [0.5, 0.6) is 0 Å². The molecule has 0 fully saturated rings. The number of hydrogen-bond acceptors (Lipinski definition) is 4. The number of halogens is 1. The Bertz CT molecular complexity index is 352. The molecule has 16 heavy (non-hydrogen) atoms. The van der Waals surface area contributed by atoms with Crippen LogP contribution in [0.15, 0.2) is 10.7 Å². The monoisotopic (exact) mass is 289 g/mol. The molecule has 5 nitrogen and oxygen atoms in total. The molecule has 0 atom stereocenters. The smallest absolute Gasteiger partial charge is 0.195 e. The zero-order valence-corrected chi connectivity index (χ0v) is 11.1. The Morgan fingerprint density at radius 2 is 2.44 bits per heavy atom. The third kappa shape index (κ3) is 3.40. The van der Waals surface area contributed by atoms with Crippen LogP contribution in [0.25, 0.3) is 0 Å². The molecule has 6 heteroatoms. The van der Waals surface area contributed by atoms with E-state index in [1.165, 1.54) is 0 Å². The van der Waals surface area contributed by atoms with Gasteiger partial charge in [0.1, 0.15) is 5.69 Å². The van der Waals surface area contributed by atoms with Gasteiger partial charge in [-0.2, -0.15) is 5.10 Å². The van der Waals surface area contributed by atoms with Crippen molar-refractivity contribution in [2.45, 2.75) is 13.5 Å². The topological polar surface area (TPSA) is 56.2 Å². The average Bonchev–Trinajstić information content (AvgIpc) is 2.64. The quantitative estimate of drug-likeness (QED) is 0.764. The second-order valence-electron chi connectivity index (χ2n) is 3.26. The van der Waals surface area contributed by atoms with Gasteiger partial charge in [0.15, 0.2) is 5.78 Å². The summed E-state index contributed by atoms with van der Waals surface area (Å²) in [6.45, 7) is 4.18. The lowest BCUT2D eigenvalue weighted by molar-refractivity contribution is 0.0977. The Labute approximate surface area is 103 Å². The maximum Gasteiger partial charge on any atom is 0.195 e. The molecule has 0 aliphatic carbocycles. The predicted molar refractivity (Wildman–Crippen MR) is 64.7 cm³/mol. The molecule has 0 spiro atoms. The molecule has 90 valence electrons. The van der Waals surface area contributed by atoms with E-state index in [9.17, 15) is 4.79 Å². The first-order valence-electron chi connectivity index (χ1n) is 5.14. The Kier molecular flexibility index (Phi) is 5.65. The number of nitrogens with zero attached hydrogens (tertiary/aromatic N) is 2. The largest absolute Gasteiger partial charge is 0.383 e. The number of methoxy groups -OCH3 is 1. The van der Waals surface area contributed by atoms with Crippen LogP contribution < -0.4 is 5.32 Å². The van der Waals surface area contributed by atoms with Gasteiger partial charge in [0, 0.05) is 7.11 Å². The van der Waals surface area contributed by atoms with Crippen LogP contribution in [0.3, 0.4) is 0 Å². The van der Waals surface area contributed by atoms with Crippen LogP contribution in [0.1, 0.15) is 17.4 Å². The van der Waals surface area contributed by atoms with Crippen molar-refractivity contribution in [3.05, 3.63) is 16.4 Å². The number of hydrogen-bond donors (Lipinski definition) is 1. The second-order valence-corrected chi connectivity index (χ2v) is 4.11. The molecule has 1 N–H and O–H groups in total. The molecular formula is C10H16BrN3O2. The molecule has 0 aliphatic heterocycles. The number of Topliss-reactive ketones (excluding diaryl/α,β-unsaturated/α-hetero) is 1. The Balaban J connectivity index is 2.75. The van der Waals surface area contributed by atoms with Gasteiger partial charge in [0.25, 0.3) is 0 Å². The minimum atomic E-state index is 0.0299. The lowest BCUT2D eigenvalue weighted by Crippen LogP contribution is -2.25. The first kappa shape index (κ1) is 13.3. The number of ketones is 1. The van der Waals surface area contributed by atoms with E-state index in [1.54, 1.807) is 18.0 Å². The van der Waals surface area contributed by atoms with Crippen LogP contribution in [0.2, 0.25) is 0 Å². The summed E-state index contributed by atoms with van der Waals surface area (Å²) in [4.78, 5) is 11.9. The van der Waals surface area contributed by atoms with Crippen molar-refractivity contribution in [3.8, 4) is 0 Å². The number of nitrogens with one attached hydrogen (secondary N) is 1. The molecule has 0 unspecified atom stereocenters. The molecule has 1 aromatic rings. The third-order valence-electron chi connectivity index (χ3n) is 2.10. The van der Waals surface area contributed by atoms with Crippen molar-refractivity contribution < 1.29 is 9.53 Å². The van der Waals surface area contributed by atoms with Gasteiger partial charge >= 0.3 is 0 Å². The van der Waals surface area contributed by atoms with E-state index in [4.69, 9.17) is 4.74 Å². The number of carbonyl (C=O) groups is 1. The zero-order valence-electron chi connectivity index (χ0n) is 9.49. The molecule has 0 aromatic carbocycles. The van der Waals surface area contributed by atoms with Crippen LogP contribution >= 0.6 is 15.9 Å². The lowest BCUT2D eigenvalue weighted by Gasteiger charge is -2.07. The number of aromatic nitrogens is 2. The van der Waals surface area contributed by atoms with Gasteiger partial charge in [0.2, 0.25) is 0 Å². The fourth-order valence-electron chi connectivity index (χ4n) is 1.31. The third-order valence-corrected chi connectivity index (χ3v) is 2.68. The molecule has 1 rings (SSSR count). The maximum absolute atomic E-state index is 11.9. The average molecular weight is 290 g/mol. The number of ether oxygens (including phenoxy) is 1. The molecule has 1 aromatic heterocycles. The van der Waals surface area contributed by atoms with E-state index in [0.29, 0.717) is 25.4 Å². The summed E-state index contributed by atoms with van der Waals surface area (Å²) in [7, 11) is 1.62. The normalized spacial score (nSPS) is 10.7. The van der Waals surface area contributed by atoms with Gasteiger partial charge in [-0.05, 0) is 22.5 Å². The molecule has 0 amide bonds. The van der Waals surface area contributed by atoms with Crippen molar-refractivity contribution in [2.24, 2.45) is 0 Å². The standard InChI is InChI=1S/C10H16BrN3O2/c1-3-12-7-9(15)10-8(11)6-13-14(10)4-5-16-2/h6,12H,3-5,7H2,1-2H3. The fourth-order valence-corrected chi connectivity index (χ4v) is 1.83. The molecule has 1 heterocycles.